The Bertz CT molecular complexity index is 479. The molecule has 0 amide bonds. The van der Waals surface area contributed by atoms with E-state index in [-0.39, 0.29) is 0 Å². The van der Waals surface area contributed by atoms with Crippen LogP contribution in [0, 0.1) is 11.3 Å². The fraction of sp³-hybridized carbons (Fsp3) is 0.125. The minimum absolute atomic E-state index is 0.385. The van der Waals surface area contributed by atoms with E-state index in [9.17, 15) is 0 Å². The highest BCUT2D eigenvalue weighted by molar-refractivity contribution is 5.58. The average Bonchev–Trinajstić information content (AvgIpc) is 2.55. The van der Waals surface area contributed by atoms with Crippen LogP contribution in [0.25, 0.3) is 5.65 Å². The molecule has 0 aliphatic rings. The van der Waals surface area contributed by atoms with Crippen molar-refractivity contribution < 1.29 is 0 Å². The number of nitriles is 1. The van der Waals surface area contributed by atoms with Crippen molar-refractivity contribution in [3.8, 4) is 6.07 Å². The zero-order chi connectivity index (χ0) is 9.26. The third-order valence-corrected chi connectivity index (χ3v) is 1.77. The summed E-state index contributed by atoms with van der Waals surface area (Å²) in [6, 6.07) is 2.01. The van der Waals surface area contributed by atoms with Gasteiger partial charge in [0.2, 0.25) is 0 Å². The summed E-state index contributed by atoms with van der Waals surface area (Å²) in [5.41, 5.74) is 1.05. The lowest BCUT2D eigenvalue weighted by atomic mass is 10.5. The van der Waals surface area contributed by atoms with E-state index in [4.69, 9.17) is 5.26 Å². The first-order chi connectivity index (χ1) is 6.36. The first kappa shape index (κ1) is 7.55. The predicted octanol–water partition coefficient (Wildman–Crippen LogP) is 0.643. The lowest BCUT2D eigenvalue weighted by molar-refractivity contribution is 1.12. The van der Waals surface area contributed by atoms with Gasteiger partial charge in [-0.1, -0.05) is 0 Å². The number of hydrogen-bond acceptors (Lipinski definition) is 4. The summed E-state index contributed by atoms with van der Waals surface area (Å²) in [5.74, 6) is 0.694. The molecule has 5 heteroatoms. The van der Waals surface area contributed by atoms with E-state index < -0.39 is 0 Å². The van der Waals surface area contributed by atoms with Crippen LogP contribution in [-0.2, 0) is 0 Å². The van der Waals surface area contributed by atoms with Gasteiger partial charge in [-0.15, -0.1) is 0 Å². The number of nitrogens with one attached hydrogen (secondary N) is 1. The summed E-state index contributed by atoms with van der Waals surface area (Å²) < 4.78 is 1.78. The molecule has 0 spiro atoms. The van der Waals surface area contributed by atoms with Crippen LogP contribution in [0.4, 0.5) is 5.82 Å². The first-order valence-corrected chi connectivity index (χ1v) is 3.76. The molecule has 0 saturated heterocycles. The summed E-state index contributed by atoms with van der Waals surface area (Å²) in [7, 11) is 1.75. The molecule has 0 fully saturated rings. The Balaban J connectivity index is 2.83. The highest BCUT2D eigenvalue weighted by Crippen LogP contribution is 2.14. The molecule has 0 saturated carbocycles. The Morgan fingerprint density at radius 1 is 1.62 bits per heavy atom. The molecule has 2 aromatic heterocycles. The van der Waals surface area contributed by atoms with Gasteiger partial charge < -0.3 is 5.32 Å². The van der Waals surface area contributed by atoms with Crippen LogP contribution in [0.1, 0.15) is 5.69 Å². The second-order valence-electron chi connectivity index (χ2n) is 2.48. The molecule has 64 valence electrons. The van der Waals surface area contributed by atoms with Gasteiger partial charge in [-0.3, -0.25) is 9.38 Å². The van der Waals surface area contributed by atoms with E-state index >= 15 is 0 Å². The van der Waals surface area contributed by atoms with Gasteiger partial charge >= 0.3 is 0 Å². The van der Waals surface area contributed by atoms with E-state index in [0.29, 0.717) is 17.2 Å². The Morgan fingerprint density at radius 2 is 2.46 bits per heavy atom. The van der Waals surface area contributed by atoms with Gasteiger partial charge in [0.05, 0.1) is 6.20 Å². The molecular weight excluding hydrogens is 166 g/mol. The van der Waals surface area contributed by atoms with Gasteiger partial charge in [0.15, 0.2) is 11.3 Å². The topological polar surface area (TPSA) is 66.0 Å². The molecule has 13 heavy (non-hydrogen) atoms. The summed E-state index contributed by atoms with van der Waals surface area (Å²) in [4.78, 5) is 7.99. The lowest BCUT2D eigenvalue weighted by Gasteiger charge is -1.97. The summed E-state index contributed by atoms with van der Waals surface area (Å²) in [5, 5.41) is 11.7. The number of fused-ring (bicyclic) bond motifs is 1. The molecule has 0 radical (unpaired) electrons. The smallest absolute Gasteiger partial charge is 0.183 e. The maximum atomic E-state index is 8.76. The second kappa shape index (κ2) is 2.75. The fourth-order valence-electron chi connectivity index (χ4n) is 1.22. The quantitative estimate of drug-likeness (QED) is 0.687. The van der Waals surface area contributed by atoms with Gasteiger partial charge in [0.1, 0.15) is 11.9 Å². The Hall–Kier alpha value is -2.09. The summed E-state index contributed by atoms with van der Waals surface area (Å²) in [6.07, 6.45) is 5.02. The van der Waals surface area contributed by atoms with Crippen molar-refractivity contribution in [1.82, 2.24) is 14.4 Å². The van der Waals surface area contributed by atoms with Crippen LogP contribution < -0.4 is 5.32 Å². The van der Waals surface area contributed by atoms with Crippen LogP contribution in [0.5, 0.6) is 0 Å². The summed E-state index contributed by atoms with van der Waals surface area (Å²) in [6.45, 7) is 0. The van der Waals surface area contributed by atoms with Crippen molar-refractivity contribution in [3.05, 3.63) is 24.3 Å². The van der Waals surface area contributed by atoms with E-state index in [2.05, 4.69) is 15.3 Å². The minimum Gasteiger partial charge on any atom is -0.372 e. The van der Waals surface area contributed by atoms with E-state index in [0.717, 1.165) is 0 Å². The Labute approximate surface area is 74.7 Å². The van der Waals surface area contributed by atoms with E-state index in [1.807, 2.05) is 6.07 Å². The molecule has 2 aromatic rings. The third-order valence-electron chi connectivity index (χ3n) is 1.77. The molecule has 5 nitrogen and oxygen atoms in total. The first-order valence-electron chi connectivity index (χ1n) is 3.76. The van der Waals surface area contributed by atoms with E-state index in [1.165, 1.54) is 0 Å². The van der Waals surface area contributed by atoms with Crippen molar-refractivity contribution in [1.29, 1.82) is 5.26 Å². The van der Waals surface area contributed by atoms with Crippen molar-refractivity contribution in [2.75, 3.05) is 12.4 Å². The fourth-order valence-corrected chi connectivity index (χ4v) is 1.22. The lowest BCUT2D eigenvalue weighted by Crippen LogP contribution is -1.95. The standard InChI is InChI=1S/C8H7N5/c1-10-8-6(4-9)12-7-5-11-2-3-13(7)8/h2-3,5,10H,1H3. The molecule has 1 N–H and O–H groups in total. The van der Waals surface area contributed by atoms with Gasteiger partial charge in [-0.05, 0) is 0 Å². The van der Waals surface area contributed by atoms with Crippen molar-refractivity contribution in [2.45, 2.75) is 0 Å². The number of rotatable bonds is 1. The zero-order valence-corrected chi connectivity index (χ0v) is 7.02. The van der Waals surface area contributed by atoms with E-state index in [1.54, 1.807) is 30.0 Å². The van der Waals surface area contributed by atoms with Crippen molar-refractivity contribution in [2.24, 2.45) is 0 Å². The maximum Gasteiger partial charge on any atom is 0.183 e. The van der Waals surface area contributed by atoms with Crippen LogP contribution in [0.15, 0.2) is 18.6 Å². The predicted molar refractivity (Wildman–Crippen MR) is 47.2 cm³/mol. The molecular formula is C8H7N5. The highest BCUT2D eigenvalue weighted by Gasteiger charge is 2.08. The zero-order valence-electron chi connectivity index (χ0n) is 7.02. The molecule has 0 unspecified atom stereocenters. The largest absolute Gasteiger partial charge is 0.372 e. The monoisotopic (exact) mass is 173 g/mol. The van der Waals surface area contributed by atoms with Gasteiger partial charge in [-0.2, -0.15) is 5.26 Å². The molecule has 0 aliphatic carbocycles. The molecule has 0 bridgehead atoms. The molecule has 0 aliphatic heterocycles. The van der Waals surface area contributed by atoms with Crippen LogP contribution >= 0.6 is 0 Å². The van der Waals surface area contributed by atoms with Crippen LogP contribution in [0.3, 0.4) is 0 Å². The molecule has 2 rings (SSSR count). The van der Waals surface area contributed by atoms with Gasteiger partial charge in [0.25, 0.3) is 0 Å². The number of anilines is 1. The van der Waals surface area contributed by atoms with Gasteiger partial charge in [0, 0.05) is 19.4 Å². The maximum absolute atomic E-state index is 8.76. The van der Waals surface area contributed by atoms with Crippen LogP contribution in [-0.4, -0.2) is 21.4 Å². The van der Waals surface area contributed by atoms with Crippen molar-refractivity contribution >= 4 is 11.5 Å². The van der Waals surface area contributed by atoms with Gasteiger partial charge in [-0.25, -0.2) is 4.98 Å². The normalized spacial score (nSPS) is 9.85. The number of aromatic nitrogens is 3. The average molecular weight is 173 g/mol. The SMILES string of the molecule is CNc1c(C#N)nc2cnccn12. The molecule has 0 aromatic carbocycles. The van der Waals surface area contributed by atoms with Crippen molar-refractivity contribution in [3.63, 3.8) is 0 Å². The number of imidazole rings is 1. The Kier molecular flexibility index (Phi) is 1.60. The number of hydrogen-bond donors (Lipinski definition) is 1. The molecule has 2 heterocycles. The van der Waals surface area contributed by atoms with Crippen LogP contribution in [0.2, 0.25) is 0 Å². The highest BCUT2D eigenvalue weighted by atomic mass is 15.1. The minimum atomic E-state index is 0.385. The second-order valence-corrected chi connectivity index (χ2v) is 2.48. The summed E-state index contributed by atoms with van der Waals surface area (Å²) >= 11 is 0. The Morgan fingerprint density at radius 3 is 3.15 bits per heavy atom. The third kappa shape index (κ3) is 0.999. The molecule has 0 atom stereocenters. The number of nitrogens with zero attached hydrogens (tertiary/aromatic N) is 4.